The summed E-state index contributed by atoms with van der Waals surface area (Å²) < 4.78 is 10.6. The van der Waals surface area contributed by atoms with Gasteiger partial charge in [-0.05, 0) is 18.2 Å². The standard InChI is InChI=1S/C14H9N3O2/c1-18-12-4-11(9-16)5-13(7-12)19-14-6-10(8-15)2-3-17-14/h2-7H,1H3. The lowest BCUT2D eigenvalue weighted by atomic mass is 10.2. The average molecular weight is 251 g/mol. The van der Waals surface area contributed by atoms with Gasteiger partial charge in [0, 0.05) is 18.3 Å². The minimum Gasteiger partial charge on any atom is -0.497 e. The second kappa shape index (κ2) is 5.52. The molecule has 2 rings (SSSR count). The molecule has 1 heterocycles. The topological polar surface area (TPSA) is 78.9 Å². The molecule has 0 fully saturated rings. The Kier molecular flexibility index (Phi) is 3.61. The number of nitriles is 2. The van der Waals surface area contributed by atoms with E-state index in [4.69, 9.17) is 20.0 Å². The second-order valence-corrected chi connectivity index (χ2v) is 3.61. The molecule has 0 unspecified atom stereocenters. The molecule has 5 heteroatoms. The van der Waals surface area contributed by atoms with Gasteiger partial charge in [0.2, 0.25) is 5.88 Å². The molecule has 1 aromatic heterocycles. The van der Waals surface area contributed by atoms with Crippen molar-refractivity contribution in [2.45, 2.75) is 0 Å². The minimum absolute atomic E-state index is 0.288. The summed E-state index contributed by atoms with van der Waals surface area (Å²) in [7, 11) is 1.51. The van der Waals surface area contributed by atoms with Gasteiger partial charge in [0.15, 0.2) is 0 Å². The smallest absolute Gasteiger partial charge is 0.220 e. The predicted molar refractivity (Wildman–Crippen MR) is 66.7 cm³/mol. The van der Waals surface area contributed by atoms with Crippen LogP contribution in [-0.4, -0.2) is 12.1 Å². The van der Waals surface area contributed by atoms with E-state index in [-0.39, 0.29) is 5.88 Å². The van der Waals surface area contributed by atoms with Crippen LogP contribution < -0.4 is 9.47 Å². The summed E-state index contributed by atoms with van der Waals surface area (Å²) in [6, 6.07) is 11.9. The Labute approximate surface area is 110 Å². The molecule has 0 aliphatic heterocycles. The van der Waals surface area contributed by atoms with Crippen LogP contribution in [-0.2, 0) is 0 Å². The molecule has 0 bridgehead atoms. The Hall–Kier alpha value is -3.05. The maximum absolute atomic E-state index is 8.91. The number of hydrogen-bond acceptors (Lipinski definition) is 5. The van der Waals surface area contributed by atoms with Crippen LogP contribution in [0.4, 0.5) is 0 Å². The van der Waals surface area contributed by atoms with E-state index in [9.17, 15) is 0 Å². The molecule has 2 aromatic rings. The zero-order valence-electron chi connectivity index (χ0n) is 10.1. The van der Waals surface area contributed by atoms with Crippen LogP contribution in [0.5, 0.6) is 17.4 Å². The summed E-state index contributed by atoms with van der Waals surface area (Å²) in [4.78, 5) is 4.00. The van der Waals surface area contributed by atoms with Crippen LogP contribution in [0.15, 0.2) is 36.5 Å². The summed E-state index contributed by atoms with van der Waals surface area (Å²) >= 11 is 0. The first-order valence-corrected chi connectivity index (χ1v) is 5.38. The maximum Gasteiger partial charge on any atom is 0.220 e. The zero-order chi connectivity index (χ0) is 13.7. The van der Waals surface area contributed by atoms with E-state index in [1.165, 1.54) is 19.4 Å². The first-order valence-electron chi connectivity index (χ1n) is 5.38. The summed E-state index contributed by atoms with van der Waals surface area (Å²) in [5.74, 6) is 1.24. The number of ether oxygens (including phenoxy) is 2. The van der Waals surface area contributed by atoms with Gasteiger partial charge in [-0.2, -0.15) is 10.5 Å². The Morgan fingerprint density at radius 1 is 1.00 bits per heavy atom. The molecule has 0 saturated heterocycles. The van der Waals surface area contributed by atoms with Crippen molar-refractivity contribution in [2.24, 2.45) is 0 Å². The Morgan fingerprint density at radius 2 is 1.74 bits per heavy atom. The molecule has 92 valence electrons. The normalized spacial score (nSPS) is 9.21. The number of aromatic nitrogens is 1. The van der Waals surface area contributed by atoms with E-state index in [1.54, 1.807) is 24.3 Å². The minimum atomic E-state index is 0.288. The fourth-order valence-corrected chi connectivity index (χ4v) is 1.47. The van der Waals surface area contributed by atoms with Gasteiger partial charge in [0.25, 0.3) is 0 Å². The maximum atomic E-state index is 8.91. The molecule has 0 aliphatic rings. The third-order valence-electron chi connectivity index (χ3n) is 2.33. The van der Waals surface area contributed by atoms with Gasteiger partial charge in [0.1, 0.15) is 11.5 Å². The molecule has 1 aromatic carbocycles. The SMILES string of the molecule is COc1cc(C#N)cc(Oc2cc(C#N)ccn2)c1. The zero-order valence-corrected chi connectivity index (χ0v) is 10.1. The highest BCUT2D eigenvalue weighted by molar-refractivity contribution is 5.45. The Morgan fingerprint density at radius 3 is 2.42 bits per heavy atom. The largest absolute Gasteiger partial charge is 0.497 e. The number of nitrogens with zero attached hydrogens (tertiary/aromatic N) is 3. The van der Waals surface area contributed by atoms with Gasteiger partial charge in [-0.25, -0.2) is 4.98 Å². The van der Waals surface area contributed by atoms with Gasteiger partial charge in [-0.3, -0.25) is 0 Å². The summed E-state index contributed by atoms with van der Waals surface area (Å²) in [6.45, 7) is 0. The van der Waals surface area contributed by atoms with Gasteiger partial charge >= 0.3 is 0 Å². The second-order valence-electron chi connectivity index (χ2n) is 3.61. The molecule has 0 aliphatic carbocycles. The summed E-state index contributed by atoms with van der Waals surface area (Å²) in [6.07, 6.45) is 1.49. The van der Waals surface area contributed by atoms with Crippen molar-refractivity contribution in [3.05, 3.63) is 47.7 Å². The van der Waals surface area contributed by atoms with Crippen LogP contribution in [0.2, 0.25) is 0 Å². The number of methoxy groups -OCH3 is 1. The quantitative estimate of drug-likeness (QED) is 0.837. The Balaban J connectivity index is 2.32. The lowest BCUT2D eigenvalue weighted by molar-refractivity contribution is 0.407. The predicted octanol–water partition coefficient (Wildman–Crippen LogP) is 2.63. The molecule has 0 amide bonds. The molecular formula is C14H9N3O2. The Bertz CT molecular complexity index is 684. The number of pyridine rings is 1. The number of rotatable bonds is 3. The van der Waals surface area contributed by atoms with Crippen LogP contribution in [0.3, 0.4) is 0 Å². The highest BCUT2D eigenvalue weighted by Crippen LogP contribution is 2.26. The van der Waals surface area contributed by atoms with Crippen molar-refractivity contribution in [3.8, 4) is 29.5 Å². The van der Waals surface area contributed by atoms with Crippen molar-refractivity contribution in [1.29, 1.82) is 10.5 Å². The molecule has 0 spiro atoms. The van der Waals surface area contributed by atoms with Crippen molar-refractivity contribution >= 4 is 0 Å². The highest BCUT2D eigenvalue weighted by atomic mass is 16.5. The van der Waals surface area contributed by atoms with E-state index in [0.717, 1.165) is 0 Å². The van der Waals surface area contributed by atoms with Crippen LogP contribution in [0.1, 0.15) is 11.1 Å². The lowest BCUT2D eigenvalue weighted by Crippen LogP contribution is -1.91. The molecule has 5 nitrogen and oxygen atoms in total. The van der Waals surface area contributed by atoms with E-state index in [2.05, 4.69) is 4.98 Å². The van der Waals surface area contributed by atoms with E-state index < -0.39 is 0 Å². The summed E-state index contributed by atoms with van der Waals surface area (Å²) in [5, 5.41) is 17.7. The van der Waals surface area contributed by atoms with Crippen molar-refractivity contribution in [3.63, 3.8) is 0 Å². The molecule has 0 radical (unpaired) electrons. The van der Waals surface area contributed by atoms with Crippen LogP contribution >= 0.6 is 0 Å². The first kappa shape index (κ1) is 12.4. The molecule has 0 N–H and O–H groups in total. The third-order valence-corrected chi connectivity index (χ3v) is 2.33. The van der Waals surface area contributed by atoms with E-state index in [0.29, 0.717) is 22.6 Å². The van der Waals surface area contributed by atoms with Gasteiger partial charge in [-0.1, -0.05) is 0 Å². The molecule has 0 atom stereocenters. The van der Waals surface area contributed by atoms with Gasteiger partial charge < -0.3 is 9.47 Å². The average Bonchev–Trinajstić information content (AvgIpc) is 2.47. The van der Waals surface area contributed by atoms with Gasteiger partial charge in [0.05, 0.1) is 30.4 Å². The lowest BCUT2D eigenvalue weighted by Gasteiger charge is -2.07. The van der Waals surface area contributed by atoms with E-state index in [1.807, 2.05) is 12.1 Å². The van der Waals surface area contributed by atoms with Crippen molar-refractivity contribution in [2.75, 3.05) is 7.11 Å². The molecular weight excluding hydrogens is 242 g/mol. The molecule has 19 heavy (non-hydrogen) atoms. The highest BCUT2D eigenvalue weighted by Gasteiger charge is 2.05. The van der Waals surface area contributed by atoms with Crippen LogP contribution in [0, 0.1) is 22.7 Å². The van der Waals surface area contributed by atoms with Gasteiger partial charge in [-0.15, -0.1) is 0 Å². The van der Waals surface area contributed by atoms with E-state index >= 15 is 0 Å². The van der Waals surface area contributed by atoms with Crippen molar-refractivity contribution < 1.29 is 9.47 Å². The van der Waals surface area contributed by atoms with Crippen LogP contribution in [0.25, 0.3) is 0 Å². The van der Waals surface area contributed by atoms with Crippen molar-refractivity contribution in [1.82, 2.24) is 4.98 Å². The summed E-state index contributed by atoms with van der Waals surface area (Å²) in [5.41, 5.74) is 0.874. The third kappa shape index (κ3) is 2.99. The number of hydrogen-bond donors (Lipinski definition) is 0. The number of benzene rings is 1. The monoisotopic (exact) mass is 251 g/mol. The molecule has 0 saturated carbocycles. The first-order chi connectivity index (χ1) is 9.25. The fourth-order valence-electron chi connectivity index (χ4n) is 1.47. The fraction of sp³-hybridized carbons (Fsp3) is 0.0714.